The van der Waals surface area contributed by atoms with Gasteiger partial charge in [-0.25, -0.2) is 0 Å². The maximum atomic E-state index is 5.95. The van der Waals surface area contributed by atoms with Crippen molar-refractivity contribution in [2.45, 2.75) is 32.8 Å². The Labute approximate surface area is 110 Å². The third-order valence-corrected chi connectivity index (χ3v) is 3.42. The smallest absolute Gasteiger partial charge is 0.0880 e. The van der Waals surface area contributed by atoms with E-state index in [2.05, 4.69) is 30.2 Å². The molecule has 1 aromatic rings. The molecule has 0 radical (unpaired) electrons. The number of nitrogens with zero attached hydrogens (tertiary/aromatic N) is 1. The largest absolute Gasteiger partial charge is 0.373 e. The van der Waals surface area contributed by atoms with Crippen LogP contribution in [0.2, 0.25) is 0 Å². The highest BCUT2D eigenvalue weighted by molar-refractivity contribution is 5.13. The molecule has 1 aromatic heterocycles. The molecule has 1 fully saturated rings. The third-order valence-electron chi connectivity index (χ3n) is 3.42. The topological polar surface area (TPSA) is 34.1 Å². The van der Waals surface area contributed by atoms with Crippen molar-refractivity contribution < 1.29 is 4.74 Å². The first kappa shape index (κ1) is 13.5. The van der Waals surface area contributed by atoms with Crippen molar-refractivity contribution in [3.63, 3.8) is 0 Å². The zero-order valence-corrected chi connectivity index (χ0v) is 11.4. The summed E-state index contributed by atoms with van der Waals surface area (Å²) in [7, 11) is 0. The first-order chi connectivity index (χ1) is 8.77. The molecule has 2 unspecified atom stereocenters. The third kappa shape index (κ3) is 3.79. The van der Waals surface area contributed by atoms with Crippen molar-refractivity contribution in [1.29, 1.82) is 0 Å². The van der Waals surface area contributed by atoms with Crippen LogP contribution in [-0.2, 0) is 4.74 Å². The molecular formula is C15H24N2O. The van der Waals surface area contributed by atoms with E-state index in [1.54, 1.807) is 0 Å². The second-order valence-corrected chi connectivity index (χ2v) is 5.53. The van der Waals surface area contributed by atoms with E-state index in [4.69, 9.17) is 4.74 Å². The lowest BCUT2D eigenvalue weighted by molar-refractivity contribution is -0.0280. The average molecular weight is 248 g/mol. The van der Waals surface area contributed by atoms with Gasteiger partial charge in [-0.3, -0.25) is 4.98 Å². The van der Waals surface area contributed by atoms with Crippen LogP contribution < -0.4 is 5.32 Å². The number of aromatic nitrogens is 1. The lowest BCUT2D eigenvalue weighted by Crippen LogP contribution is -2.33. The molecule has 3 nitrogen and oxygen atoms in total. The van der Waals surface area contributed by atoms with Crippen LogP contribution in [0.15, 0.2) is 24.5 Å². The van der Waals surface area contributed by atoms with Crippen molar-refractivity contribution in [2.75, 3.05) is 19.7 Å². The molecule has 3 heteroatoms. The van der Waals surface area contributed by atoms with Gasteiger partial charge in [0.1, 0.15) is 0 Å². The quantitative estimate of drug-likeness (QED) is 0.870. The van der Waals surface area contributed by atoms with E-state index >= 15 is 0 Å². The minimum absolute atomic E-state index is 0.215. The normalized spacial score (nSPS) is 24.4. The minimum atomic E-state index is 0.215. The molecule has 1 aliphatic rings. The van der Waals surface area contributed by atoms with Crippen LogP contribution in [-0.4, -0.2) is 24.7 Å². The Morgan fingerprint density at radius 3 is 3.11 bits per heavy atom. The monoisotopic (exact) mass is 248 g/mol. The second kappa shape index (κ2) is 6.86. The summed E-state index contributed by atoms with van der Waals surface area (Å²) in [4.78, 5) is 4.20. The zero-order valence-electron chi connectivity index (χ0n) is 11.4. The first-order valence-electron chi connectivity index (χ1n) is 6.99. The van der Waals surface area contributed by atoms with E-state index in [-0.39, 0.29) is 6.10 Å². The van der Waals surface area contributed by atoms with Crippen molar-refractivity contribution in [3.05, 3.63) is 30.1 Å². The van der Waals surface area contributed by atoms with Gasteiger partial charge in [-0.05, 0) is 36.9 Å². The first-order valence-corrected chi connectivity index (χ1v) is 6.99. The molecule has 2 rings (SSSR count). The van der Waals surface area contributed by atoms with E-state index in [1.807, 2.05) is 18.5 Å². The number of rotatable bonds is 5. The predicted molar refractivity (Wildman–Crippen MR) is 73.4 cm³/mol. The van der Waals surface area contributed by atoms with Gasteiger partial charge in [-0.2, -0.15) is 0 Å². The van der Waals surface area contributed by atoms with Gasteiger partial charge in [-0.15, -0.1) is 0 Å². The number of pyridine rings is 1. The van der Waals surface area contributed by atoms with Crippen molar-refractivity contribution in [3.8, 4) is 0 Å². The number of ether oxygens (including phenoxy) is 1. The molecule has 2 heterocycles. The van der Waals surface area contributed by atoms with Gasteiger partial charge in [-0.1, -0.05) is 19.9 Å². The summed E-state index contributed by atoms with van der Waals surface area (Å²) < 4.78 is 5.95. The van der Waals surface area contributed by atoms with E-state index in [1.165, 1.54) is 18.4 Å². The van der Waals surface area contributed by atoms with E-state index in [9.17, 15) is 0 Å². The highest BCUT2D eigenvalue weighted by atomic mass is 16.5. The summed E-state index contributed by atoms with van der Waals surface area (Å²) in [5.41, 5.74) is 1.22. The molecule has 0 aromatic carbocycles. The van der Waals surface area contributed by atoms with Crippen molar-refractivity contribution in [1.82, 2.24) is 10.3 Å². The lowest BCUT2D eigenvalue weighted by Gasteiger charge is -2.32. The van der Waals surface area contributed by atoms with Gasteiger partial charge in [0.2, 0.25) is 0 Å². The van der Waals surface area contributed by atoms with Crippen LogP contribution in [0.25, 0.3) is 0 Å². The Morgan fingerprint density at radius 1 is 1.50 bits per heavy atom. The Bertz CT molecular complexity index is 340. The standard InChI is InChI=1S/C15H24N2O/c1-12(2)9-17-11-14-6-4-8-18-15(14)13-5-3-7-16-10-13/h3,5,7,10,12,14-15,17H,4,6,8-9,11H2,1-2H3. The summed E-state index contributed by atoms with van der Waals surface area (Å²) in [6.45, 7) is 7.47. The van der Waals surface area contributed by atoms with Crippen molar-refractivity contribution >= 4 is 0 Å². The number of hydrogen-bond acceptors (Lipinski definition) is 3. The molecule has 0 spiro atoms. The zero-order chi connectivity index (χ0) is 12.8. The van der Waals surface area contributed by atoms with Crippen LogP contribution in [0.5, 0.6) is 0 Å². The molecular weight excluding hydrogens is 224 g/mol. The van der Waals surface area contributed by atoms with E-state index in [0.29, 0.717) is 11.8 Å². The van der Waals surface area contributed by atoms with Gasteiger partial charge in [0, 0.05) is 31.5 Å². The molecule has 1 N–H and O–H groups in total. The van der Waals surface area contributed by atoms with Crippen LogP contribution in [0.3, 0.4) is 0 Å². The minimum Gasteiger partial charge on any atom is -0.373 e. The summed E-state index contributed by atoms with van der Waals surface area (Å²) in [5.74, 6) is 1.27. The molecule has 1 aliphatic heterocycles. The summed E-state index contributed by atoms with van der Waals surface area (Å²) in [6.07, 6.45) is 6.38. The van der Waals surface area contributed by atoms with Crippen LogP contribution in [0.1, 0.15) is 38.4 Å². The Kier molecular flexibility index (Phi) is 5.14. The number of hydrogen-bond donors (Lipinski definition) is 1. The van der Waals surface area contributed by atoms with Gasteiger partial charge in [0.15, 0.2) is 0 Å². The summed E-state index contributed by atoms with van der Waals surface area (Å²) >= 11 is 0. The molecule has 0 bridgehead atoms. The van der Waals surface area contributed by atoms with Gasteiger partial charge < -0.3 is 10.1 Å². The highest BCUT2D eigenvalue weighted by Crippen LogP contribution is 2.32. The Hall–Kier alpha value is -0.930. The Morgan fingerprint density at radius 2 is 2.39 bits per heavy atom. The van der Waals surface area contributed by atoms with Gasteiger partial charge in [0.25, 0.3) is 0 Å². The Balaban J connectivity index is 1.94. The molecule has 1 saturated heterocycles. The lowest BCUT2D eigenvalue weighted by atomic mass is 9.90. The fourth-order valence-corrected chi connectivity index (χ4v) is 2.52. The summed E-state index contributed by atoms with van der Waals surface area (Å²) in [6, 6.07) is 4.12. The van der Waals surface area contributed by atoms with E-state index in [0.717, 1.165) is 19.7 Å². The van der Waals surface area contributed by atoms with Crippen molar-refractivity contribution in [2.24, 2.45) is 11.8 Å². The SMILES string of the molecule is CC(C)CNCC1CCCOC1c1cccnc1. The molecule has 2 atom stereocenters. The summed E-state index contributed by atoms with van der Waals surface area (Å²) in [5, 5.41) is 3.55. The van der Waals surface area contributed by atoms with Gasteiger partial charge in [0.05, 0.1) is 6.10 Å². The molecule has 0 saturated carbocycles. The van der Waals surface area contributed by atoms with Crippen LogP contribution in [0.4, 0.5) is 0 Å². The molecule has 18 heavy (non-hydrogen) atoms. The molecule has 100 valence electrons. The fourth-order valence-electron chi connectivity index (χ4n) is 2.52. The average Bonchev–Trinajstić information content (AvgIpc) is 2.40. The predicted octanol–water partition coefficient (Wildman–Crippen LogP) is 2.79. The number of nitrogens with one attached hydrogen (secondary N) is 1. The van der Waals surface area contributed by atoms with Gasteiger partial charge >= 0.3 is 0 Å². The van der Waals surface area contributed by atoms with Crippen LogP contribution >= 0.6 is 0 Å². The maximum Gasteiger partial charge on any atom is 0.0880 e. The molecule has 0 amide bonds. The maximum absolute atomic E-state index is 5.95. The highest BCUT2D eigenvalue weighted by Gasteiger charge is 2.27. The second-order valence-electron chi connectivity index (χ2n) is 5.53. The fraction of sp³-hybridized carbons (Fsp3) is 0.667. The van der Waals surface area contributed by atoms with Crippen LogP contribution in [0, 0.1) is 11.8 Å². The molecule has 0 aliphatic carbocycles. The van der Waals surface area contributed by atoms with E-state index < -0.39 is 0 Å².